The Kier molecular flexibility index (Phi) is 5.65. The summed E-state index contributed by atoms with van der Waals surface area (Å²) in [5.74, 6) is 0.716. The summed E-state index contributed by atoms with van der Waals surface area (Å²) in [7, 11) is 1.59. The predicted molar refractivity (Wildman–Crippen MR) is 107 cm³/mol. The van der Waals surface area contributed by atoms with Crippen LogP contribution in [0.5, 0.6) is 5.75 Å². The molecule has 0 spiro atoms. The molecule has 8 heteroatoms. The second kappa shape index (κ2) is 8.38. The van der Waals surface area contributed by atoms with Gasteiger partial charge in [-0.2, -0.15) is 0 Å². The summed E-state index contributed by atoms with van der Waals surface area (Å²) < 4.78 is 37.6. The van der Waals surface area contributed by atoms with Crippen LogP contribution in [0.2, 0.25) is 0 Å². The molecule has 3 heterocycles. The van der Waals surface area contributed by atoms with Crippen molar-refractivity contribution in [2.45, 2.75) is 38.5 Å². The normalized spacial score (nSPS) is 15.2. The molecular weight excluding hydrogens is 392 g/mol. The van der Waals surface area contributed by atoms with Crippen molar-refractivity contribution in [3.63, 3.8) is 0 Å². The van der Waals surface area contributed by atoms with Gasteiger partial charge in [-0.1, -0.05) is 23.4 Å². The lowest BCUT2D eigenvalue weighted by Gasteiger charge is -2.32. The van der Waals surface area contributed by atoms with Gasteiger partial charge in [-0.25, -0.2) is 13.8 Å². The summed E-state index contributed by atoms with van der Waals surface area (Å²) in [6.45, 7) is 2.74. The van der Waals surface area contributed by atoms with Crippen LogP contribution in [0.3, 0.4) is 0 Å². The molecule has 1 aliphatic heterocycles. The maximum Gasteiger partial charge on any atom is 0.264 e. The highest BCUT2D eigenvalue weighted by atomic mass is 19.3. The highest BCUT2D eigenvalue weighted by molar-refractivity contribution is 5.81. The summed E-state index contributed by atoms with van der Waals surface area (Å²) in [6.07, 6.45) is -1.04. The molecule has 2 aromatic heterocycles. The maximum absolute atomic E-state index is 13.6. The summed E-state index contributed by atoms with van der Waals surface area (Å²) in [5, 5.41) is 4.07. The summed E-state index contributed by atoms with van der Waals surface area (Å²) >= 11 is 0. The van der Waals surface area contributed by atoms with E-state index in [4.69, 9.17) is 9.26 Å². The Hall–Kier alpha value is -3.03. The Balaban J connectivity index is 1.46. The molecule has 30 heavy (non-hydrogen) atoms. The molecule has 158 valence electrons. The van der Waals surface area contributed by atoms with E-state index < -0.39 is 6.43 Å². The van der Waals surface area contributed by atoms with Gasteiger partial charge in [0.05, 0.1) is 24.6 Å². The second-order valence-electron chi connectivity index (χ2n) is 7.53. The number of benzene rings is 1. The third-order valence-corrected chi connectivity index (χ3v) is 5.70. The minimum Gasteiger partial charge on any atom is -0.496 e. The van der Waals surface area contributed by atoms with Crippen LogP contribution >= 0.6 is 0 Å². The highest BCUT2D eigenvalue weighted by Gasteiger charge is 2.28. The molecule has 0 N–H and O–H groups in total. The van der Waals surface area contributed by atoms with Crippen molar-refractivity contribution in [3.8, 4) is 5.75 Å². The Labute approximate surface area is 172 Å². The first-order valence-corrected chi connectivity index (χ1v) is 9.92. The molecule has 1 aliphatic rings. The number of piperidine rings is 1. The van der Waals surface area contributed by atoms with Gasteiger partial charge in [-0.05, 0) is 31.9 Å². The molecule has 0 aliphatic carbocycles. The molecular formula is C22H23F2N3O3. The Morgan fingerprint density at radius 2 is 2.03 bits per heavy atom. The molecule has 0 bridgehead atoms. The lowest BCUT2D eigenvalue weighted by atomic mass is 9.91. The first-order valence-electron chi connectivity index (χ1n) is 9.92. The minimum atomic E-state index is -2.63. The van der Waals surface area contributed by atoms with Crippen molar-refractivity contribution in [3.05, 3.63) is 52.8 Å². The topological polar surface area (TPSA) is 68.5 Å². The zero-order chi connectivity index (χ0) is 21.3. The molecule has 1 saturated heterocycles. The van der Waals surface area contributed by atoms with E-state index in [1.165, 1.54) is 6.07 Å². The van der Waals surface area contributed by atoms with Gasteiger partial charge in [0.1, 0.15) is 5.75 Å². The van der Waals surface area contributed by atoms with Crippen LogP contribution in [0.4, 0.5) is 8.78 Å². The number of alkyl halides is 2. The van der Waals surface area contributed by atoms with Crippen LogP contribution in [-0.2, 0) is 11.2 Å². The molecule has 6 nitrogen and oxygen atoms in total. The zero-order valence-electron chi connectivity index (χ0n) is 16.9. The summed E-state index contributed by atoms with van der Waals surface area (Å²) in [6, 6.07) is 8.93. The van der Waals surface area contributed by atoms with Crippen LogP contribution < -0.4 is 4.74 Å². The van der Waals surface area contributed by atoms with Crippen LogP contribution in [0.1, 0.15) is 47.7 Å². The van der Waals surface area contributed by atoms with E-state index in [1.807, 2.05) is 29.2 Å². The third-order valence-electron chi connectivity index (χ3n) is 5.70. The van der Waals surface area contributed by atoms with E-state index in [-0.39, 0.29) is 34.9 Å². The maximum atomic E-state index is 13.6. The largest absolute Gasteiger partial charge is 0.496 e. The van der Waals surface area contributed by atoms with E-state index in [1.54, 1.807) is 14.0 Å². The Morgan fingerprint density at radius 3 is 2.73 bits per heavy atom. The number of para-hydroxylation sites is 1. The standard InChI is InChI=1S/C22H23F2N3O3/c1-13-20-16(21(23)24)12-17(25-22(20)30-26-13)14-7-9-27(10-8-14)19(28)11-15-5-3-4-6-18(15)29-2/h3-6,12,14,21H,7-11H2,1-2H3. The van der Waals surface area contributed by atoms with Crippen molar-refractivity contribution in [2.24, 2.45) is 0 Å². The van der Waals surface area contributed by atoms with E-state index in [9.17, 15) is 13.6 Å². The Morgan fingerprint density at radius 1 is 1.30 bits per heavy atom. The average Bonchev–Trinajstić information content (AvgIpc) is 3.14. The van der Waals surface area contributed by atoms with E-state index in [0.717, 1.165) is 5.56 Å². The van der Waals surface area contributed by atoms with Gasteiger partial charge < -0.3 is 14.2 Å². The number of likely N-dealkylation sites (tertiary alicyclic amines) is 1. The van der Waals surface area contributed by atoms with Crippen molar-refractivity contribution in [1.82, 2.24) is 15.0 Å². The van der Waals surface area contributed by atoms with Crippen molar-refractivity contribution >= 4 is 17.0 Å². The molecule has 3 aromatic rings. The van der Waals surface area contributed by atoms with Gasteiger partial charge in [0.2, 0.25) is 5.91 Å². The van der Waals surface area contributed by atoms with Crippen molar-refractivity contribution in [2.75, 3.05) is 20.2 Å². The van der Waals surface area contributed by atoms with Crippen LogP contribution in [-0.4, -0.2) is 41.1 Å². The molecule has 4 rings (SSSR count). The molecule has 1 amide bonds. The number of aromatic nitrogens is 2. The highest BCUT2D eigenvalue weighted by Crippen LogP contribution is 2.35. The predicted octanol–water partition coefficient (Wildman–Crippen LogP) is 4.43. The van der Waals surface area contributed by atoms with Gasteiger partial charge in [0.15, 0.2) is 0 Å². The summed E-state index contributed by atoms with van der Waals surface area (Å²) in [5.41, 5.74) is 1.89. The van der Waals surface area contributed by atoms with Crippen LogP contribution in [0, 0.1) is 6.92 Å². The fourth-order valence-electron chi connectivity index (χ4n) is 4.08. The molecule has 0 atom stereocenters. The number of methoxy groups -OCH3 is 1. The molecule has 0 saturated carbocycles. The van der Waals surface area contributed by atoms with Gasteiger partial charge in [0, 0.05) is 35.8 Å². The van der Waals surface area contributed by atoms with Gasteiger partial charge in [0.25, 0.3) is 12.1 Å². The number of amides is 1. The number of hydrogen-bond acceptors (Lipinski definition) is 5. The lowest BCUT2D eigenvalue weighted by Crippen LogP contribution is -2.39. The van der Waals surface area contributed by atoms with Crippen LogP contribution in [0.25, 0.3) is 11.1 Å². The molecule has 1 fully saturated rings. The minimum absolute atomic E-state index is 0.00684. The van der Waals surface area contributed by atoms with Crippen molar-refractivity contribution < 1.29 is 22.8 Å². The summed E-state index contributed by atoms with van der Waals surface area (Å²) in [4.78, 5) is 19.0. The first kappa shape index (κ1) is 20.3. The van der Waals surface area contributed by atoms with E-state index >= 15 is 0 Å². The van der Waals surface area contributed by atoms with Crippen LogP contribution in [0.15, 0.2) is 34.9 Å². The number of pyridine rings is 1. The smallest absolute Gasteiger partial charge is 0.264 e. The number of hydrogen-bond donors (Lipinski definition) is 0. The quantitative estimate of drug-likeness (QED) is 0.617. The average molecular weight is 415 g/mol. The number of aryl methyl sites for hydroxylation is 1. The lowest BCUT2D eigenvalue weighted by molar-refractivity contribution is -0.131. The number of nitrogens with zero attached hydrogens (tertiary/aromatic N) is 3. The number of halogens is 2. The van der Waals surface area contributed by atoms with Gasteiger partial charge in [-0.3, -0.25) is 4.79 Å². The van der Waals surface area contributed by atoms with Gasteiger partial charge in [-0.15, -0.1) is 0 Å². The zero-order valence-corrected chi connectivity index (χ0v) is 16.9. The monoisotopic (exact) mass is 415 g/mol. The number of carbonyl (C=O) groups excluding carboxylic acids is 1. The van der Waals surface area contributed by atoms with Gasteiger partial charge >= 0.3 is 0 Å². The van der Waals surface area contributed by atoms with E-state index in [2.05, 4.69) is 10.1 Å². The first-order chi connectivity index (χ1) is 14.5. The molecule has 0 radical (unpaired) electrons. The number of ether oxygens (including phenoxy) is 1. The molecule has 0 unspecified atom stereocenters. The fourth-order valence-corrected chi connectivity index (χ4v) is 4.08. The third kappa shape index (κ3) is 3.86. The van der Waals surface area contributed by atoms with E-state index in [0.29, 0.717) is 43.1 Å². The molecule has 1 aromatic carbocycles. The number of fused-ring (bicyclic) bond motifs is 1. The SMILES string of the molecule is COc1ccccc1CC(=O)N1CCC(c2cc(C(F)F)c3c(C)noc3n2)CC1. The number of carbonyl (C=O) groups is 1. The number of rotatable bonds is 5. The fraction of sp³-hybridized carbons (Fsp3) is 0.409. The Bertz CT molecular complexity index is 1060. The second-order valence-corrected chi connectivity index (χ2v) is 7.53. The van der Waals surface area contributed by atoms with Crippen molar-refractivity contribution in [1.29, 1.82) is 0 Å².